The lowest BCUT2D eigenvalue weighted by Gasteiger charge is -2.37. The number of benzene rings is 3. The van der Waals surface area contributed by atoms with Crippen molar-refractivity contribution in [2.75, 3.05) is 16.2 Å². The van der Waals surface area contributed by atoms with E-state index in [-0.39, 0.29) is 17.2 Å². The van der Waals surface area contributed by atoms with Crippen LogP contribution >= 0.6 is 0 Å². The molecular formula is C28H31N3O4S. The second kappa shape index (κ2) is 10.1. The fraction of sp³-hybridized carbons (Fsp3) is 0.286. The van der Waals surface area contributed by atoms with E-state index in [0.29, 0.717) is 35.5 Å². The predicted molar refractivity (Wildman–Crippen MR) is 142 cm³/mol. The summed E-state index contributed by atoms with van der Waals surface area (Å²) in [6.07, 6.45) is 0.340. The first-order valence-corrected chi connectivity index (χ1v) is 13.4. The van der Waals surface area contributed by atoms with Crippen molar-refractivity contribution in [3.8, 4) is 0 Å². The Hall–Kier alpha value is -3.65. The van der Waals surface area contributed by atoms with Gasteiger partial charge in [0.1, 0.15) is 6.04 Å². The summed E-state index contributed by atoms with van der Waals surface area (Å²) < 4.78 is 29.3. The smallest absolute Gasteiger partial charge is 0.265 e. The summed E-state index contributed by atoms with van der Waals surface area (Å²) in [5.41, 5.74) is 5.12. The third kappa shape index (κ3) is 5.14. The normalized spacial score (nSPS) is 15.3. The number of rotatable bonds is 7. The molecule has 8 heteroatoms. The zero-order chi connectivity index (χ0) is 26.0. The molecule has 3 aromatic rings. The molecule has 2 N–H and O–H groups in total. The Kier molecular flexibility index (Phi) is 7.17. The zero-order valence-electron chi connectivity index (χ0n) is 21.0. The summed E-state index contributed by atoms with van der Waals surface area (Å²) in [7, 11) is -4.16. The highest BCUT2D eigenvalue weighted by atomic mass is 32.2. The van der Waals surface area contributed by atoms with Crippen molar-refractivity contribution in [1.82, 2.24) is 5.32 Å². The molecule has 0 radical (unpaired) electrons. The molecule has 7 nitrogen and oxygen atoms in total. The molecule has 0 spiro atoms. The number of hydrogen-bond acceptors (Lipinski definition) is 4. The standard InChI is InChI=1S/C28H31N3O4S/c1-18-9-11-22(12-10-18)13-14-29-26(32)17-25-28(33)30-23-7-5-6-8-24(23)31(25)36(34,35)27-20(3)15-19(2)16-21(27)4/h5-12,15-16,25H,13-14,17H2,1-4H3,(H,29,32)(H,30,33). The van der Waals surface area contributed by atoms with E-state index >= 15 is 0 Å². The van der Waals surface area contributed by atoms with E-state index < -0.39 is 22.0 Å². The average molecular weight is 506 g/mol. The molecule has 0 saturated heterocycles. The number of anilines is 2. The number of nitrogens with one attached hydrogen (secondary N) is 2. The first-order chi connectivity index (χ1) is 17.1. The van der Waals surface area contributed by atoms with Gasteiger partial charge < -0.3 is 10.6 Å². The highest BCUT2D eigenvalue weighted by molar-refractivity contribution is 7.93. The van der Waals surface area contributed by atoms with Crippen LogP contribution in [0.5, 0.6) is 0 Å². The van der Waals surface area contributed by atoms with Crippen LogP contribution in [0.3, 0.4) is 0 Å². The maximum atomic E-state index is 14.1. The van der Waals surface area contributed by atoms with E-state index in [2.05, 4.69) is 10.6 Å². The second-order valence-corrected chi connectivity index (χ2v) is 11.1. The van der Waals surface area contributed by atoms with Crippen LogP contribution in [0.25, 0.3) is 0 Å². The van der Waals surface area contributed by atoms with Crippen LogP contribution in [-0.4, -0.2) is 32.8 Å². The third-order valence-corrected chi connectivity index (χ3v) is 8.47. The van der Waals surface area contributed by atoms with Crippen molar-refractivity contribution in [3.63, 3.8) is 0 Å². The maximum Gasteiger partial charge on any atom is 0.265 e. The summed E-state index contributed by atoms with van der Waals surface area (Å²) in [4.78, 5) is 26.2. The van der Waals surface area contributed by atoms with Crippen LogP contribution in [0, 0.1) is 27.7 Å². The number of aryl methyl sites for hydroxylation is 4. The Labute approximate surface area is 212 Å². The summed E-state index contributed by atoms with van der Waals surface area (Å²) >= 11 is 0. The van der Waals surface area contributed by atoms with Crippen LogP contribution in [0.4, 0.5) is 11.4 Å². The van der Waals surface area contributed by atoms with Gasteiger partial charge in [0.25, 0.3) is 10.0 Å². The first kappa shape index (κ1) is 25.4. The van der Waals surface area contributed by atoms with Crippen molar-refractivity contribution in [1.29, 1.82) is 0 Å². The lowest BCUT2D eigenvalue weighted by atomic mass is 10.1. The quantitative estimate of drug-likeness (QED) is 0.503. The van der Waals surface area contributed by atoms with Crippen molar-refractivity contribution in [3.05, 3.63) is 88.5 Å². The van der Waals surface area contributed by atoms with Crippen LogP contribution in [0.2, 0.25) is 0 Å². The van der Waals surface area contributed by atoms with Gasteiger partial charge >= 0.3 is 0 Å². The Morgan fingerprint density at radius 2 is 1.58 bits per heavy atom. The molecule has 0 aromatic heterocycles. The molecule has 2 amide bonds. The van der Waals surface area contributed by atoms with Gasteiger partial charge in [0.15, 0.2) is 0 Å². The molecule has 0 saturated carbocycles. The van der Waals surface area contributed by atoms with Crippen LogP contribution < -0.4 is 14.9 Å². The average Bonchev–Trinajstić information content (AvgIpc) is 2.79. The van der Waals surface area contributed by atoms with Gasteiger partial charge in [-0.05, 0) is 62.9 Å². The molecule has 1 unspecified atom stereocenters. The molecule has 1 heterocycles. The van der Waals surface area contributed by atoms with Gasteiger partial charge in [0, 0.05) is 6.54 Å². The van der Waals surface area contributed by atoms with E-state index in [9.17, 15) is 18.0 Å². The minimum absolute atomic E-state index is 0.155. The van der Waals surface area contributed by atoms with Crippen molar-refractivity contribution in [2.24, 2.45) is 0 Å². The van der Waals surface area contributed by atoms with E-state index in [0.717, 1.165) is 21.0 Å². The van der Waals surface area contributed by atoms with Crippen molar-refractivity contribution < 1.29 is 18.0 Å². The number of fused-ring (bicyclic) bond motifs is 1. The number of sulfonamides is 1. The van der Waals surface area contributed by atoms with Crippen LogP contribution in [-0.2, 0) is 26.0 Å². The fourth-order valence-corrected chi connectivity index (χ4v) is 6.81. The van der Waals surface area contributed by atoms with Gasteiger partial charge in [-0.3, -0.25) is 13.9 Å². The molecule has 0 bridgehead atoms. The Bertz CT molecular complexity index is 1390. The molecule has 3 aromatic carbocycles. The number of hydrogen-bond donors (Lipinski definition) is 2. The van der Waals surface area contributed by atoms with Gasteiger partial charge in [-0.25, -0.2) is 8.42 Å². The van der Waals surface area contributed by atoms with Gasteiger partial charge in [-0.15, -0.1) is 0 Å². The Morgan fingerprint density at radius 3 is 2.25 bits per heavy atom. The van der Waals surface area contributed by atoms with E-state index in [1.807, 2.05) is 50.2 Å². The highest BCUT2D eigenvalue weighted by Crippen LogP contribution is 2.38. The molecule has 4 rings (SSSR count). The SMILES string of the molecule is Cc1ccc(CCNC(=O)CC2C(=O)Nc3ccccc3N2S(=O)(=O)c2c(C)cc(C)cc2C)cc1. The molecule has 188 valence electrons. The van der Waals surface area contributed by atoms with Crippen LogP contribution in [0.1, 0.15) is 34.2 Å². The fourth-order valence-electron chi connectivity index (χ4n) is 4.76. The monoisotopic (exact) mass is 505 g/mol. The second-order valence-electron chi connectivity index (χ2n) is 9.34. The summed E-state index contributed by atoms with van der Waals surface area (Å²) in [6, 6.07) is 17.2. The van der Waals surface area contributed by atoms with Gasteiger partial charge in [-0.2, -0.15) is 0 Å². The molecule has 0 fully saturated rings. The molecule has 36 heavy (non-hydrogen) atoms. The van der Waals surface area contributed by atoms with Crippen molar-refractivity contribution in [2.45, 2.75) is 51.5 Å². The number of carbonyl (C=O) groups is 2. The van der Waals surface area contributed by atoms with Gasteiger partial charge in [0.05, 0.1) is 22.7 Å². The van der Waals surface area contributed by atoms with Crippen molar-refractivity contribution >= 4 is 33.2 Å². The number of para-hydroxylation sites is 2. The molecule has 1 aliphatic heterocycles. The van der Waals surface area contributed by atoms with Gasteiger partial charge in [-0.1, -0.05) is 59.7 Å². The molecule has 1 aliphatic rings. The zero-order valence-corrected chi connectivity index (χ0v) is 21.8. The first-order valence-electron chi connectivity index (χ1n) is 11.9. The summed E-state index contributed by atoms with van der Waals surface area (Å²) in [5, 5.41) is 5.61. The lowest BCUT2D eigenvalue weighted by Crippen LogP contribution is -2.53. The molecular weight excluding hydrogens is 474 g/mol. The third-order valence-electron chi connectivity index (χ3n) is 6.34. The topological polar surface area (TPSA) is 95.6 Å². The van der Waals surface area contributed by atoms with Crippen LogP contribution in [0.15, 0.2) is 65.6 Å². The Morgan fingerprint density at radius 1 is 0.944 bits per heavy atom. The summed E-state index contributed by atoms with van der Waals surface area (Å²) in [5.74, 6) is -0.924. The largest absolute Gasteiger partial charge is 0.356 e. The number of nitrogens with zero attached hydrogens (tertiary/aromatic N) is 1. The predicted octanol–water partition coefficient (Wildman–Crippen LogP) is 4.19. The highest BCUT2D eigenvalue weighted by Gasteiger charge is 2.42. The van der Waals surface area contributed by atoms with E-state index in [1.165, 1.54) is 0 Å². The summed E-state index contributed by atoms with van der Waals surface area (Å²) in [6.45, 7) is 7.79. The van der Waals surface area contributed by atoms with E-state index in [4.69, 9.17) is 0 Å². The van der Waals surface area contributed by atoms with E-state index in [1.54, 1.807) is 38.1 Å². The molecule has 0 aliphatic carbocycles. The van der Waals surface area contributed by atoms with Gasteiger partial charge in [0.2, 0.25) is 11.8 Å². The Balaban J connectivity index is 1.63. The molecule has 1 atom stereocenters. The minimum Gasteiger partial charge on any atom is -0.356 e. The maximum absolute atomic E-state index is 14.1. The lowest BCUT2D eigenvalue weighted by molar-refractivity contribution is -0.125. The minimum atomic E-state index is -4.16. The number of amides is 2. The number of carbonyl (C=O) groups excluding carboxylic acids is 2.